The number of pyridine rings is 1. The van der Waals surface area contributed by atoms with Gasteiger partial charge in [0.15, 0.2) is 0 Å². The van der Waals surface area contributed by atoms with E-state index in [0.717, 1.165) is 6.07 Å². The molecule has 1 N–H and O–H groups in total. The molecule has 6 heteroatoms. The number of alkyl halides is 3. The van der Waals surface area contributed by atoms with Crippen molar-refractivity contribution in [1.29, 1.82) is 0 Å². The average Bonchev–Trinajstić information content (AvgIpc) is 2.04. The summed E-state index contributed by atoms with van der Waals surface area (Å²) >= 11 is 0. The lowest BCUT2D eigenvalue weighted by molar-refractivity contribution is -0.138. The second-order valence-electron chi connectivity index (χ2n) is 2.53. The first-order chi connectivity index (χ1) is 6.05. The van der Waals surface area contributed by atoms with E-state index in [1.807, 2.05) is 0 Å². The summed E-state index contributed by atoms with van der Waals surface area (Å²) in [6.45, 7) is 0.121. The van der Waals surface area contributed by atoms with Gasteiger partial charge in [0, 0.05) is 12.7 Å². The highest BCUT2D eigenvalue weighted by Gasteiger charge is 2.33. The summed E-state index contributed by atoms with van der Waals surface area (Å²) in [5.74, 6) is 0. The molecule has 1 aromatic rings. The molecule has 14 heavy (non-hydrogen) atoms. The number of rotatable bonds is 2. The predicted molar refractivity (Wildman–Crippen MR) is 49.3 cm³/mol. The Labute approximate surface area is 85.9 Å². The van der Waals surface area contributed by atoms with Gasteiger partial charge in [-0.1, -0.05) is 0 Å². The molecule has 1 heterocycles. The average molecular weight is 227 g/mol. The van der Waals surface area contributed by atoms with Crippen LogP contribution in [0.4, 0.5) is 13.2 Å². The Morgan fingerprint density at radius 1 is 1.43 bits per heavy atom. The van der Waals surface area contributed by atoms with Gasteiger partial charge in [0.05, 0.1) is 11.3 Å². The van der Waals surface area contributed by atoms with Gasteiger partial charge in [0.1, 0.15) is 0 Å². The monoisotopic (exact) mass is 226 g/mol. The fourth-order valence-corrected chi connectivity index (χ4v) is 1.00. The first-order valence-corrected chi connectivity index (χ1v) is 3.71. The molecule has 0 aliphatic carbocycles. The van der Waals surface area contributed by atoms with Crippen molar-refractivity contribution >= 4 is 12.4 Å². The third-order valence-electron chi connectivity index (χ3n) is 1.54. The first kappa shape index (κ1) is 13.2. The first-order valence-electron chi connectivity index (χ1n) is 3.71. The van der Waals surface area contributed by atoms with Gasteiger partial charge in [-0.3, -0.25) is 4.98 Å². The molecule has 0 unspecified atom stereocenters. The van der Waals surface area contributed by atoms with Gasteiger partial charge in [0.25, 0.3) is 0 Å². The molecule has 0 aliphatic rings. The van der Waals surface area contributed by atoms with Crippen LogP contribution in [-0.2, 0) is 12.7 Å². The fraction of sp³-hybridized carbons (Fsp3) is 0.375. The molecule has 1 aromatic heterocycles. The largest absolute Gasteiger partial charge is 0.418 e. The van der Waals surface area contributed by atoms with Crippen LogP contribution in [0, 0.1) is 0 Å². The molecule has 0 aromatic carbocycles. The van der Waals surface area contributed by atoms with Crippen molar-refractivity contribution in [3.63, 3.8) is 0 Å². The van der Waals surface area contributed by atoms with E-state index in [-0.39, 0.29) is 24.6 Å². The van der Waals surface area contributed by atoms with Crippen LogP contribution in [-0.4, -0.2) is 12.0 Å². The lowest BCUT2D eigenvalue weighted by Crippen LogP contribution is -2.15. The van der Waals surface area contributed by atoms with Crippen LogP contribution in [0.1, 0.15) is 11.3 Å². The fourth-order valence-electron chi connectivity index (χ4n) is 1.00. The van der Waals surface area contributed by atoms with Crippen LogP contribution in [0.15, 0.2) is 18.3 Å². The van der Waals surface area contributed by atoms with Crippen LogP contribution in [0.3, 0.4) is 0 Å². The second kappa shape index (κ2) is 5.17. The summed E-state index contributed by atoms with van der Waals surface area (Å²) < 4.78 is 36.9. The Hall–Kier alpha value is -0.810. The van der Waals surface area contributed by atoms with Crippen molar-refractivity contribution in [2.75, 3.05) is 7.05 Å². The van der Waals surface area contributed by atoms with Crippen molar-refractivity contribution in [3.05, 3.63) is 29.6 Å². The highest BCUT2D eigenvalue weighted by Crippen LogP contribution is 2.30. The summed E-state index contributed by atoms with van der Waals surface area (Å²) in [5.41, 5.74) is -0.651. The smallest absolute Gasteiger partial charge is 0.314 e. The van der Waals surface area contributed by atoms with E-state index in [2.05, 4.69) is 10.3 Å². The normalized spacial score (nSPS) is 10.9. The van der Waals surface area contributed by atoms with Crippen LogP contribution in [0.2, 0.25) is 0 Å². The molecular formula is C8H10ClF3N2. The Bertz CT molecular complexity index is 288. The summed E-state index contributed by atoms with van der Waals surface area (Å²) in [7, 11) is 1.58. The van der Waals surface area contributed by atoms with Crippen molar-refractivity contribution in [3.8, 4) is 0 Å². The molecular weight excluding hydrogens is 217 g/mol. The highest BCUT2D eigenvalue weighted by atomic mass is 35.5. The van der Waals surface area contributed by atoms with Gasteiger partial charge in [-0.05, 0) is 19.2 Å². The molecule has 1 rings (SSSR count). The number of halogens is 4. The quantitative estimate of drug-likeness (QED) is 0.837. The third-order valence-corrected chi connectivity index (χ3v) is 1.54. The molecule has 0 amide bonds. The molecule has 0 saturated carbocycles. The third kappa shape index (κ3) is 3.16. The van der Waals surface area contributed by atoms with E-state index in [1.165, 1.54) is 12.3 Å². The van der Waals surface area contributed by atoms with Crippen molar-refractivity contribution in [2.45, 2.75) is 12.7 Å². The van der Waals surface area contributed by atoms with Crippen molar-refractivity contribution in [2.24, 2.45) is 0 Å². The van der Waals surface area contributed by atoms with Gasteiger partial charge < -0.3 is 5.32 Å². The second-order valence-corrected chi connectivity index (χ2v) is 2.53. The van der Waals surface area contributed by atoms with E-state index in [4.69, 9.17) is 0 Å². The molecule has 0 fully saturated rings. The molecule has 2 nitrogen and oxygen atoms in total. The minimum absolute atomic E-state index is 0. The van der Waals surface area contributed by atoms with Crippen molar-refractivity contribution < 1.29 is 13.2 Å². The summed E-state index contributed by atoms with van der Waals surface area (Å²) in [5, 5.41) is 2.63. The van der Waals surface area contributed by atoms with E-state index < -0.39 is 11.7 Å². The molecule has 0 aliphatic heterocycles. The Morgan fingerprint density at radius 2 is 2.07 bits per heavy atom. The number of hydrogen-bond acceptors (Lipinski definition) is 2. The van der Waals surface area contributed by atoms with E-state index in [0.29, 0.717) is 0 Å². The zero-order valence-electron chi connectivity index (χ0n) is 7.43. The predicted octanol–water partition coefficient (Wildman–Crippen LogP) is 2.24. The molecule has 0 radical (unpaired) electrons. The minimum Gasteiger partial charge on any atom is -0.314 e. The van der Waals surface area contributed by atoms with Gasteiger partial charge in [-0.15, -0.1) is 12.4 Å². The molecule has 0 bridgehead atoms. The summed E-state index contributed by atoms with van der Waals surface area (Å²) in [6, 6.07) is 2.31. The Balaban J connectivity index is 0.00000169. The van der Waals surface area contributed by atoms with Crippen LogP contribution >= 0.6 is 12.4 Å². The Kier molecular flexibility index (Phi) is 4.87. The van der Waals surface area contributed by atoms with Gasteiger partial charge in [-0.25, -0.2) is 0 Å². The maximum atomic E-state index is 12.3. The van der Waals surface area contributed by atoms with Gasteiger partial charge in [-0.2, -0.15) is 13.2 Å². The number of aromatic nitrogens is 1. The Morgan fingerprint density at radius 3 is 2.57 bits per heavy atom. The standard InChI is InChI=1S/C8H9F3N2.ClH/c1-12-5-7-6(8(9,10)11)3-2-4-13-7;/h2-4,12H,5H2,1H3;1H. The SMILES string of the molecule is CNCc1ncccc1C(F)(F)F.Cl. The van der Waals surface area contributed by atoms with Crippen LogP contribution in [0.25, 0.3) is 0 Å². The van der Waals surface area contributed by atoms with E-state index >= 15 is 0 Å². The molecule has 0 saturated heterocycles. The number of nitrogens with zero attached hydrogens (tertiary/aromatic N) is 1. The van der Waals surface area contributed by atoms with Crippen LogP contribution < -0.4 is 5.32 Å². The number of hydrogen-bond donors (Lipinski definition) is 1. The lowest BCUT2D eigenvalue weighted by Gasteiger charge is -2.10. The maximum Gasteiger partial charge on any atom is 0.418 e. The number of nitrogens with one attached hydrogen (secondary N) is 1. The zero-order valence-corrected chi connectivity index (χ0v) is 8.25. The molecule has 0 atom stereocenters. The van der Waals surface area contributed by atoms with Gasteiger partial charge >= 0.3 is 6.18 Å². The minimum atomic E-state index is -4.32. The van der Waals surface area contributed by atoms with Crippen molar-refractivity contribution in [1.82, 2.24) is 10.3 Å². The highest BCUT2D eigenvalue weighted by molar-refractivity contribution is 5.85. The summed E-state index contributed by atoms with van der Waals surface area (Å²) in [6.07, 6.45) is -2.97. The maximum absolute atomic E-state index is 12.3. The molecule has 80 valence electrons. The lowest BCUT2D eigenvalue weighted by atomic mass is 10.2. The topological polar surface area (TPSA) is 24.9 Å². The zero-order chi connectivity index (χ0) is 9.90. The van der Waals surface area contributed by atoms with E-state index in [1.54, 1.807) is 7.05 Å². The molecule has 0 spiro atoms. The summed E-state index contributed by atoms with van der Waals surface area (Å²) in [4.78, 5) is 3.65. The van der Waals surface area contributed by atoms with Gasteiger partial charge in [0.2, 0.25) is 0 Å². The van der Waals surface area contributed by atoms with E-state index in [9.17, 15) is 13.2 Å². The van der Waals surface area contributed by atoms with Crippen LogP contribution in [0.5, 0.6) is 0 Å².